The van der Waals surface area contributed by atoms with Crippen molar-refractivity contribution in [2.24, 2.45) is 0 Å². The predicted octanol–water partition coefficient (Wildman–Crippen LogP) is 1.85. The number of hydrogen-bond donors (Lipinski definition) is 0. The molecule has 2 heterocycles. The highest BCUT2D eigenvalue weighted by molar-refractivity contribution is 7.89. The average molecular weight is 381 g/mol. The largest absolute Gasteiger partial charge is 0.467 e. The van der Waals surface area contributed by atoms with Gasteiger partial charge in [-0.3, -0.25) is 10.1 Å². The molecular formula is C16H19N3O6S. The predicted molar refractivity (Wildman–Crippen MR) is 93.5 cm³/mol. The summed E-state index contributed by atoms with van der Waals surface area (Å²) in [6, 6.07) is 7.38. The van der Waals surface area contributed by atoms with E-state index in [4.69, 9.17) is 9.15 Å². The van der Waals surface area contributed by atoms with Crippen LogP contribution in [0.4, 0.5) is 11.4 Å². The van der Waals surface area contributed by atoms with Gasteiger partial charge in [0.1, 0.15) is 10.7 Å². The summed E-state index contributed by atoms with van der Waals surface area (Å²) in [6.07, 6.45) is 1.53. The molecule has 0 unspecified atom stereocenters. The third-order valence-electron chi connectivity index (χ3n) is 4.13. The monoisotopic (exact) mass is 381 g/mol. The summed E-state index contributed by atoms with van der Waals surface area (Å²) in [5, 5.41) is 11.1. The molecule has 1 aromatic heterocycles. The van der Waals surface area contributed by atoms with E-state index in [1.807, 2.05) is 0 Å². The van der Waals surface area contributed by atoms with Crippen molar-refractivity contribution in [3.05, 3.63) is 52.5 Å². The van der Waals surface area contributed by atoms with Crippen molar-refractivity contribution < 1.29 is 22.5 Å². The Kier molecular flexibility index (Phi) is 5.25. The first-order valence-electron chi connectivity index (χ1n) is 7.99. The molecule has 0 aliphatic carbocycles. The van der Waals surface area contributed by atoms with E-state index in [9.17, 15) is 18.5 Å². The van der Waals surface area contributed by atoms with Crippen LogP contribution in [0.2, 0.25) is 0 Å². The quantitative estimate of drug-likeness (QED) is 0.555. The zero-order valence-corrected chi connectivity index (χ0v) is 15.0. The van der Waals surface area contributed by atoms with Crippen LogP contribution in [0.5, 0.6) is 0 Å². The topological polar surface area (TPSA) is 106 Å². The molecule has 26 heavy (non-hydrogen) atoms. The summed E-state index contributed by atoms with van der Waals surface area (Å²) in [5.74, 6) is 0.653. The zero-order chi connectivity index (χ0) is 18.7. The van der Waals surface area contributed by atoms with Gasteiger partial charge >= 0.3 is 0 Å². The van der Waals surface area contributed by atoms with Crippen LogP contribution in [0.3, 0.4) is 0 Å². The second kappa shape index (κ2) is 7.44. The van der Waals surface area contributed by atoms with E-state index in [0.29, 0.717) is 31.2 Å². The smallest absolute Gasteiger partial charge is 0.270 e. The van der Waals surface area contributed by atoms with E-state index in [0.717, 1.165) is 6.07 Å². The molecule has 1 aliphatic rings. The fraction of sp³-hybridized carbons (Fsp3) is 0.375. The van der Waals surface area contributed by atoms with Gasteiger partial charge in [0.2, 0.25) is 10.0 Å². The van der Waals surface area contributed by atoms with E-state index in [1.54, 1.807) is 24.1 Å². The van der Waals surface area contributed by atoms with Crippen LogP contribution < -0.4 is 4.90 Å². The lowest BCUT2D eigenvalue weighted by Gasteiger charge is -2.28. The number of anilines is 1. The van der Waals surface area contributed by atoms with Gasteiger partial charge in [-0.2, -0.15) is 4.31 Å². The summed E-state index contributed by atoms with van der Waals surface area (Å²) in [6.45, 7) is 1.35. The number of nitro groups is 1. The van der Waals surface area contributed by atoms with Gasteiger partial charge in [-0.1, -0.05) is 0 Å². The number of rotatable bonds is 6. The van der Waals surface area contributed by atoms with E-state index >= 15 is 0 Å². The first-order chi connectivity index (χ1) is 12.4. The van der Waals surface area contributed by atoms with Crippen LogP contribution in [-0.2, 0) is 21.3 Å². The molecule has 10 heteroatoms. The minimum atomic E-state index is -3.90. The van der Waals surface area contributed by atoms with Crippen molar-refractivity contribution in [2.45, 2.75) is 11.4 Å². The van der Waals surface area contributed by atoms with Gasteiger partial charge < -0.3 is 14.1 Å². The minimum Gasteiger partial charge on any atom is -0.467 e. The minimum absolute atomic E-state index is 0.0948. The number of non-ortho nitro benzene ring substituents is 1. The maximum Gasteiger partial charge on any atom is 0.270 e. The second-order valence-corrected chi connectivity index (χ2v) is 7.77. The van der Waals surface area contributed by atoms with E-state index in [-0.39, 0.29) is 23.7 Å². The molecule has 1 aliphatic heterocycles. The molecule has 1 fully saturated rings. The SMILES string of the molecule is CN(Cc1ccco1)c1ccc([N+](=O)[O-])cc1S(=O)(=O)N1CCOCC1. The number of sulfonamides is 1. The van der Waals surface area contributed by atoms with Crippen LogP contribution in [0.1, 0.15) is 5.76 Å². The van der Waals surface area contributed by atoms with Crippen molar-refractivity contribution in [1.82, 2.24) is 4.31 Å². The van der Waals surface area contributed by atoms with Crippen molar-refractivity contribution >= 4 is 21.4 Å². The summed E-state index contributed by atoms with van der Waals surface area (Å²) >= 11 is 0. The lowest BCUT2D eigenvalue weighted by Crippen LogP contribution is -2.41. The van der Waals surface area contributed by atoms with E-state index in [1.165, 1.54) is 22.7 Å². The van der Waals surface area contributed by atoms with Gasteiger partial charge in [0.05, 0.1) is 36.6 Å². The maximum absolute atomic E-state index is 13.1. The van der Waals surface area contributed by atoms with Crippen LogP contribution in [-0.4, -0.2) is 51.0 Å². The Bertz CT molecular complexity index is 875. The van der Waals surface area contributed by atoms with Gasteiger partial charge in [0.15, 0.2) is 0 Å². The maximum atomic E-state index is 13.1. The third-order valence-corrected chi connectivity index (χ3v) is 6.05. The Morgan fingerprint density at radius 1 is 1.27 bits per heavy atom. The van der Waals surface area contributed by atoms with Crippen LogP contribution in [0.15, 0.2) is 45.9 Å². The number of nitrogens with zero attached hydrogens (tertiary/aromatic N) is 3. The van der Waals surface area contributed by atoms with Crippen molar-refractivity contribution in [1.29, 1.82) is 0 Å². The first-order valence-corrected chi connectivity index (χ1v) is 9.43. The number of nitro benzene ring substituents is 1. The second-order valence-electron chi connectivity index (χ2n) is 5.86. The molecule has 2 aromatic rings. The normalized spacial score (nSPS) is 15.7. The van der Waals surface area contributed by atoms with Crippen LogP contribution in [0, 0.1) is 10.1 Å². The molecule has 0 atom stereocenters. The molecule has 0 amide bonds. The third kappa shape index (κ3) is 3.71. The lowest BCUT2D eigenvalue weighted by atomic mass is 10.2. The highest BCUT2D eigenvalue weighted by Crippen LogP contribution is 2.32. The standard InChI is InChI=1S/C16H19N3O6S/c1-17(12-14-3-2-8-25-14)15-5-4-13(19(20)21)11-16(15)26(22,23)18-6-9-24-10-7-18/h2-5,8,11H,6-7,9-10,12H2,1H3. The highest BCUT2D eigenvalue weighted by Gasteiger charge is 2.31. The van der Waals surface area contributed by atoms with Crippen molar-refractivity contribution in [2.75, 3.05) is 38.3 Å². The number of ether oxygens (including phenoxy) is 1. The molecule has 3 rings (SSSR count). The van der Waals surface area contributed by atoms with Gasteiger partial charge in [0.25, 0.3) is 5.69 Å². The molecule has 0 N–H and O–H groups in total. The Morgan fingerprint density at radius 3 is 2.62 bits per heavy atom. The van der Waals surface area contributed by atoms with Crippen LogP contribution in [0.25, 0.3) is 0 Å². The molecule has 0 saturated carbocycles. The molecule has 0 bridgehead atoms. The van der Waals surface area contributed by atoms with E-state index in [2.05, 4.69) is 0 Å². The Morgan fingerprint density at radius 2 is 2.00 bits per heavy atom. The first kappa shape index (κ1) is 18.4. The fourth-order valence-electron chi connectivity index (χ4n) is 2.79. The Hall–Kier alpha value is -2.43. The summed E-state index contributed by atoms with van der Waals surface area (Å²) in [5.41, 5.74) is 0.102. The molecule has 9 nitrogen and oxygen atoms in total. The molecule has 0 radical (unpaired) electrons. The van der Waals surface area contributed by atoms with Crippen LogP contribution >= 0.6 is 0 Å². The highest BCUT2D eigenvalue weighted by atomic mass is 32.2. The molecular weight excluding hydrogens is 362 g/mol. The Balaban J connectivity index is 2.02. The molecule has 0 spiro atoms. The average Bonchev–Trinajstić information content (AvgIpc) is 3.14. The Labute approximate surface area is 151 Å². The lowest BCUT2D eigenvalue weighted by molar-refractivity contribution is -0.385. The fourth-order valence-corrected chi connectivity index (χ4v) is 4.45. The number of furan rings is 1. The van der Waals surface area contributed by atoms with E-state index < -0.39 is 14.9 Å². The number of benzene rings is 1. The molecule has 1 saturated heterocycles. The molecule has 1 aromatic carbocycles. The van der Waals surface area contributed by atoms with Gasteiger partial charge in [-0.05, 0) is 18.2 Å². The van der Waals surface area contributed by atoms with Gasteiger partial charge in [0, 0.05) is 32.3 Å². The summed E-state index contributed by atoms with van der Waals surface area (Å²) < 4.78 is 38.0. The van der Waals surface area contributed by atoms with Gasteiger partial charge in [-0.25, -0.2) is 8.42 Å². The summed E-state index contributed by atoms with van der Waals surface area (Å²) in [4.78, 5) is 12.1. The zero-order valence-electron chi connectivity index (χ0n) is 14.2. The van der Waals surface area contributed by atoms with Crippen molar-refractivity contribution in [3.8, 4) is 0 Å². The van der Waals surface area contributed by atoms with Gasteiger partial charge in [-0.15, -0.1) is 0 Å². The molecule has 140 valence electrons. The van der Waals surface area contributed by atoms with Crippen molar-refractivity contribution in [3.63, 3.8) is 0 Å². The number of morpholine rings is 1. The number of hydrogen-bond acceptors (Lipinski definition) is 7. The summed E-state index contributed by atoms with van der Waals surface area (Å²) in [7, 11) is -2.19.